The van der Waals surface area contributed by atoms with Gasteiger partial charge in [0.05, 0.1) is 6.04 Å². The molecule has 1 aliphatic heterocycles. The van der Waals surface area contributed by atoms with Crippen molar-refractivity contribution in [2.75, 3.05) is 13.1 Å². The van der Waals surface area contributed by atoms with Crippen LogP contribution in [0.4, 0.5) is 0 Å². The van der Waals surface area contributed by atoms with Crippen molar-refractivity contribution in [1.29, 1.82) is 0 Å². The van der Waals surface area contributed by atoms with Crippen molar-refractivity contribution in [3.05, 3.63) is 82.3 Å². The molecule has 1 aromatic carbocycles. The van der Waals surface area contributed by atoms with Gasteiger partial charge in [0, 0.05) is 48.9 Å². The zero-order chi connectivity index (χ0) is 18.6. The maximum absolute atomic E-state index is 12.9. The van der Waals surface area contributed by atoms with E-state index in [2.05, 4.69) is 34.3 Å². The van der Waals surface area contributed by atoms with Crippen LogP contribution in [0.15, 0.2) is 65.5 Å². The number of rotatable bonds is 5. The molecule has 1 atom stereocenters. The van der Waals surface area contributed by atoms with Gasteiger partial charge in [-0.3, -0.25) is 9.59 Å². The standard InChI is InChI=1S/C21H21N3O2S/c25-19(8-10-22-21(26)17-9-14-27-15-17)24-13-12-23-11-4-7-18(23)20(24)16-5-2-1-3-6-16/h1-7,9,11,14-15,20H,8,10,12-13H2,(H,22,26). The van der Waals surface area contributed by atoms with Crippen LogP contribution in [0, 0.1) is 0 Å². The van der Waals surface area contributed by atoms with Crippen LogP contribution in [0.25, 0.3) is 0 Å². The predicted octanol–water partition coefficient (Wildman–Crippen LogP) is 3.30. The highest BCUT2D eigenvalue weighted by Crippen LogP contribution is 2.32. The first-order valence-corrected chi connectivity index (χ1v) is 9.98. The highest BCUT2D eigenvalue weighted by atomic mass is 32.1. The van der Waals surface area contributed by atoms with Gasteiger partial charge in [-0.05, 0) is 29.1 Å². The fourth-order valence-electron chi connectivity index (χ4n) is 3.56. The van der Waals surface area contributed by atoms with Crippen LogP contribution in [0.3, 0.4) is 0 Å². The third-order valence-electron chi connectivity index (χ3n) is 4.88. The number of hydrogen-bond acceptors (Lipinski definition) is 3. The summed E-state index contributed by atoms with van der Waals surface area (Å²) in [5, 5.41) is 6.51. The molecule has 1 N–H and O–H groups in total. The first kappa shape index (κ1) is 17.5. The van der Waals surface area contributed by atoms with Crippen molar-refractivity contribution in [3.8, 4) is 0 Å². The topological polar surface area (TPSA) is 54.3 Å². The summed E-state index contributed by atoms with van der Waals surface area (Å²) < 4.78 is 2.21. The van der Waals surface area contributed by atoms with Gasteiger partial charge in [0.2, 0.25) is 5.91 Å². The zero-order valence-corrected chi connectivity index (χ0v) is 15.7. The van der Waals surface area contributed by atoms with Crippen LogP contribution in [-0.4, -0.2) is 34.4 Å². The van der Waals surface area contributed by atoms with E-state index in [1.165, 1.54) is 11.3 Å². The van der Waals surface area contributed by atoms with E-state index in [1.54, 1.807) is 11.4 Å². The van der Waals surface area contributed by atoms with E-state index >= 15 is 0 Å². The van der Waals surface area contributed by atoms with Crippen LogP contribution in [0.5, 0.6) is 0 Å². The van der Waals surface area contributed by atoms with Gasteiger partial charge in [-0.25, -0.2) is 0 Å². The molecular formula is C21H21N3O2S. The molecule has 6 heteroatoms. The van der Waals surface area contributed by atoms with E-state index in [0.29, 0.717) is 25.1 Å². The molecule has 4 rings (SSSR count). The summed E-state index contributed by atoms with van der Waals surface area (Å²) in [4.78, 5) is 26.9. The number of nitrogens with zero attached hydrogens (tertiary/aromatic N) is 2. The molecule has 2 aromatic heterocycles. The van der Waals surface area contributed by atoms with E-state index in [4.69, 9.17) is 0 Å². The lowest BCUT2D eigenvalue weighted by molar-refractivity contribution is -0.133. The Morgan fingerprint density at radius 2 is 1.93 bits per heavy atom. The second-order valence-electron chi connectivity index (χ2n) is 6.54. The number of hydrogen-bond donors (Lipinski definition) is 1. The highest BCUT2D eigenvalue weighted by Gasteiger charge is 2.31. The van der Waals surface area contributed by atoms with Crippen LogP contribution < -0.4 is 5.32 Å². The summed E-state index contributed by atoms with van der Waals surface area (Å²) in [6.45, 7) is 1.80. The molecule has 0 radical (unpaired) electrons. The summed E-state index contributed by atoms with van der Waals surface area (Å²) in [6, 6.07) is 15.9. The quantitative estimate of drug-likeness (QED) is 0.740. The summed E-state index contributed by atoms with van der Waals surface area (Å²) in [5.41, 5.74) is 2.88. The average molecular weight is 379 g/mol. The first-order valence-electron chi connectivity index (χ1n) is 9.04. The Morgan fingerprint density at radius 1 is 1.07 bits per heavy atom. The van der Waals surface area contributed by atoms with Crippen molar-refractivity contribution >= 4 is 23.2 Å². The second kappa shape index (κ2) is 7.80. The Hall–Kier alpha value is -2.86. The lowest BCUT2D eigenvalue weighted by Crippen LogP contribution is -2.43. The number of nitrogens with one attached hydrogen (secondary N) is 1. The molecule has 3 heterocycles. The van der Waals surface area contributed by atoms with Crippen LogP contribution in [0.2, 0.25) is 0 Å². The molecule has 3 aromatic rings. The molecule has 5 nitrogen and oxygen atoms in total. The summed E-state index contributed by atoms with van der Waals surface area (Å²) >= 11 is 1.48. The Bertz CT molecular complexity index is 918. The third-order valence-corrected chi connectivity index (χ3v) is 5.56. The van der Waals surface area contributed by atoms with E-state index in [-0.39, 0.29) is 17.9 Å². The molecule has 0 aliphatic carbocycles. The van der Waals surface area contributed by atoms with Gasteiger partial charge in [0.15, 0.2) is 0 Å². The average Bonchev–Trinajstić information content (AvgIpc) is 3.39. The Balaban J connectivity index is 1.46. The van der Waals surface area contributed by atoms with Gasteiger partial charge in [-0.1, -0.05) is 30.3 Å². The van der Waals surface area contributed by atoms with Gasteiger partial charge in [-0.15, -0.1) is 0 Å². The summed E-state index contributed by atoms with van der Waals surface area (Å²) in [6.07, 6.45) is 2.36. The number of amides is 2. The molecule has 27 heavy (non-hydrogen) atoms. The second-order valence-corrected chi connectivity index (χ2v) is 7.32. The Labute approximate surface area is 162 Å². The normalized spacial score (nSPS) is 16.0. The number of fused-ring (bicyclic) bond motifs is 1. The molecule has 0 saturated heterocycles. The van der Waals surface area contributed by atoms with Crippen molar-refractivity contribution in [1.82, 2.24) is 14.8 Å². The molecule has 0 fully saturated rings. The number of aromatic nitrogens is 1. The molecule has 1 aliphatic rings. The third kappa shape index (κ3) is 3.66. The largest absolute Gasteiger partial charge is 0.351 e. The minimum absolute atomic E-state index is 0.0573. The fourth-order valence-corrected chi connectivity index (χ4v) is 4.20. The van der Waals surface area contributed by atoms with Gasteiger partial charge in [0.1, 0.15) is 0 Å². The SMILES string of the molecule is O=C(NCCC(=O)N1CCn2cccc2C1c1ccccc1)c1ccsc1. The van der Waals surface area contributed by atoms with E-state index in [0.717, 1.165) is 17.8 Å². The number of benzene rings is 1. The van der Waals surface area contributed by atoms with E-state index in [9.17, 15) is 9.59 Å². The zero-order valence-electron chi connectivity index (χ0n) is 14.9. The van der Waals surface area contributed by atoms with E-state index in [1.807, 2.05) is 34.5 Å². The van der Waals surface area contributed by atoms with Crippen molar-refractivity contribution in [3.63, 3.8) is 0 Å². The molecule has 1 unspecified atom stereocenters. The number of thiophene rings is 1. The van der Waals surface area contributed by atoms with Crippen LogP contribution >= 0.6 is 11.3 Å². The molecular weight excluding hydrogens is 358 g/mol. The summed E-state index contributed by atoms with van der Waals surface area (Å²) in [5.74, 6) is -0.0712. The number of carbonyl (C=O) groups excluding carboxylic acids is 2. The fraction of sp³-hybridized carbons (Fsp3) is 0.238. The lowest BCUT2D eigenvalue weighted by atomic mass is 9.99. The first-order chi connectivity index (χ1) is 13.2. The Kier molecular flexibility index (Phi) is 5.07. The van der Waals surface area contributed by atoms with Crippen molar-refractivity contribution < 1.29 is 9.59 Å². The molecule has 0 spiro atoms. The van der Waals surface area contributed by atoms with E-state index < -0.39 is 0 Å². The molecule has 138 valence electrons. The molecule has 2 amide bonds. The predicted molar refractivity (Wildman–Crippen MR) is 106 cm³/mol. The van der Waals surface area contributed by atoms with Gasteiger partial charge >= 0.3 is 0 Å². The van der Waals surface area contributed by atoms with Crippen LogP contribution in [0.1, 0.15) is 34.1 Å². The van der Waals surface area contributed by atoms with Gasteiger partial charge in [-0.2, -0.15) is 11.3 Å². The molecule has 0 bridgehead atoms. The minimum atomic E-state index is -0.129. The minimum Gasteiger partial charge on any atom is -0.351 e. The van der Waals surface area contributed by atoms with Crippen molar-refractivity contribution in [2.24, 2.45) is 0 Å². The lowest BCUT2D eigenvalue weighted by Gasteiger charge is -2.37. The summed E-state index contributed by atoms with van der Waals surface area (Å²) in [7, 11) is 0. The Morgan fingerprint density at radius 3 is 2.70 bits per heavy atom. The highest BCUT2D eigenvalue weighted by molar-refractivity contribution is 7.08. The maximum atomic E-state index is 12.9. The maximum Gasteiger partial charge on any atom is 0.252 e. The van der Waals surface area contributed by atoms with Crippen molar-refractivity contribution in [2.45, 2.75) is 19.0 Å². The van der Waals surface area contributed by atoms with Gasteiger partial charge < -0.3 is 14.8 Å². The number of carbonyl (C=O) groups is 2. The van der Waals surface area contributed by atoms with Gasteiger partial charge in [0.25, 0.3) is 5.91 Å². The monoisotopic (exact) mass is 379 g/mol. The molecule has 0 saturated carbocycles. The van der Waals surface area contributed by atoms with Crippen LogP contribution in [-0.2, 0) is 11.3 Å². The smallest absolute Gasteiger partial charge is 0.252 e.